The van der Waals surface area contributed by atoms with E-state index in [1.54, 1.807) is 0 Å². The molecule has 0 nitrogen and oxygen atoms in total. The summed E-state index contributed by atoms with van der Waals surface area (Å²) in [5.41, 5.74) is 7.21. The molecule has 216 valence electrons. The minimum atomic E-state index is 1.20. The zero-order valence-electron chi connectivity index (χ0n) is 25.5. The lowest BCUT2D eigenvalue weighted by Crippen LogP contribution is -1.80. The van der Waals surface area contributed by atoms with E-state index in [2.05, 4.69) is 194 Å². The quantitative estimate of drug-likeness (QED) is 0.171. The van der Waals surface area contributed by atoms with Crippen LogP contribution in [0.25, 0.3) is 79.5 Å². The van der Waals surface area contributed by atoms with Crippen molar-refractivity contribution in [1.29, 1.82) is 0 Å². The van der Waals surface area contributed by atoms with Crippen molar-refractivity contribution in [1.82, 2.24) is 0 Å². The first-order chi connectivity index (χ1) is 22.7. The fraction of sp³-hybridized carbons (Fsp3) is 0. The molecule has 0 atom stereocenters. The molecule has 0 aliphatic heterocycles. The van der Waals surface area contributed by atoms with Crippen LogP contribution in [-0.4, -0.2) is 0 Å². The fourth-order valence-electron chi connectivity index (χ4n) is 6.18. The van der Waals surface area contributed by atoms with E-state index in [4.69, 9.17) is 0 Å². The van der Waals surface area contributed by atoms with E-state index in [9.17, 15) is 0 Å². The van der Waals surface area contributed by atoms with E-state index in [0.29, 0.717) is 0 Å². The molecule has 0 saturated carbocycles. The highest BCUT2D eigenvalue weighted by molar-refractivity contribution is 5.92. The highest BCUT2D eigenvalue weighted by atomic mass is 14.0. The predicted molar refractivity (Wildman–Crippen MR) is 203 cm³/mol. The standard InChI is InChI=1S/C46H32/c1-3-7-41-27-33(15-21-39(41)5-1)9-11-35-17-23-45-31-37(19-25-43(45)29-35)13-14-38-20-26-44-30-36(18-24-46(44)32-38)12-10-34-16-22-40-6-2-4-8-42(40)28-34/h1-32H/b11-9+,12-10+,14-13+. The molecule has 8 aromatic rings. The molecule has 8 rings (SSSR count). The van der Waals surface area contributed by atoms with Gasteiger partial charge in [-0.2, -0.15) is 0 Å². The summed E-state index contributed by atoms with van der Waals surface area (Å²) >= 11 is 0. The van der Waals surface area contributed by atoms with Crippen LogP contribution >= 0.6 is 0 Å². The van der Waals surface area contributed by atoms with E-state index in [0.717, 1.165) is 0 Å². The van der Waals surface area contributed by atoms with Crippen molar-refractivity contribution in [3.8, 4) is 0 Å². The molecule has 0 N–H and O–H groups in total. The van der Waals surface area contributed by atoms with Gasteiger partial charge < -0.3 is 0 Å². The van der Waals surface area contributed by atoms with Crippen LogP contribution < -0.4 is 0 Å². The Bertz CT molecular complexity index is 2300. The molecule has 0 heteroatoms. The molecule has 0 heterocycles. The van der Waals surface area contributed by atoms with Crippen molar-refractivity contribution in [2.75, 3.05) is 0 Å². The van der Waals surface area contributed by atoms with Gasteiger partial charge in [-0.05, 0) is 113 Å². The lowest BCUT2D eigenvalue weighted by atomic mass is 10.0. The van der Waals surface area contributed by atoms with Gasteiger partial charge in [0.2, 0.25) is 0 Å². The molecule has 0 aliphatic rings. The highest BCUT2D eigenvalue weighted by Crippen LogP contribution is 2.24. The van der Waals surface area contributed by atoms with Crippen LogP contribution in [0.15, 0.2) is 158 Å². The van der Waals surface area contributed by atoms with E-state index < -0.39 is 0 Å². The molecular formula is C46H32. The smallest absolute Gasteiger partial charge is 0.0178 e. The molecule has 0 amide bonds. The monoisotopic (exact) mass is 584 g/mol. The summed E-state index contributed by atoms with van der Waals surface area (Å²) in [5.74, 6) is 0. The summed E-state index contributed by atoms with van der Waals surface area (Å²) < 4.78 is 0. The average Bonchev–Trinajstić information content (AvgIpc) is 3.11. The summed E-state index contributed by atoms with van der Waals surface area (Å²) in [4.78, 5) is 0. The first-order valence-electron chi connectivity index (χ1n) is 15.8. The lowest BCUT2D eigenvalue weighted by Gasteiger charge is -2.04. The summed E-state index contributed by atoms with van der Waals surface area (Å²) in [6, 6.07) is 56.9. The first kappa shape index (κ1) is 27.6. The maximum absolute atomic E-state index is 2.26. The Labute approximate surface area is 269 Å². The zero-order valence-corrected chi connectivity index (χ0v) is 25.5. The van der Waals surface area contributed by atoms with E-state index >= 15 is 0 Å². The van der Waals surface area contributed by atoms with Crippen LogP contribution in [0.2, 0.25) is 0 Å². The second-order valence-electron chi connectivity index (χ2n) is 11.9. The van der Waals surface area contributed by atoms with Gasteiger partial charge >= 0.3 is 0 Å². The molecule has 0 unspecified atom stereocenters. The van der Waals surface area contributed by atoms with Gasteiger partial charge in [-0.25, -0.2) is 0 Å². The first-order valence-corrected chi connectivity index (χ1v) is 15.8. The van der Waals surface area contributed by atoms with Crippen molar-refractivity contribution < 1.29 is 0 Å². The van der Waals surface area contributed by atoms with Crippen LogP contribution in [0, 0.1) is 0 Å². The van der Waals surface area contributed by atoms with Crippen LogP contribution in [0.3, 0.4) is 0 Å². The SMILES string of the molecule is C(=C\c1ccc2cc(/C=C/c3ccc4cc(/C=C/c5ccc6ccccc6c5)ccc4c3)ccc2c1)/c1ccc2ccccc2c1. The topological polar surface area (TPSA) is 0 Å². The van der Waals surface area contributed by atoms with Crippen LogP contribution in [-0.2, 0) is 0 Å². The van der Waals surface area contributed by atoms with E-state index in [1.165, 1.54) is 76.5 Å². The third kappa shape index (κ3) is 6.02. The van der Waals surface area contributed by atoms with E-state index in [1.807, 2.05) is 0 Å². The molecule has 0 spiro atoms. The Balaban J connectivity index is 0.958. The molecule has 0 aliphatic carbocycles. The molecule has 0 radical (unpaired) electrons. The zero-order chi connectivity index (χ0) is 30.7. The van der Waals surface area contributed by atoms with Crippen molar-refractivity contribution in [2.45, 2.75) is 0 Å². The minimum absolute atomic E-state index is 1.20. The molecule has 46 heavy (non-hydrogen) atoms. The Morgan fingerprint density at radius 3 is 0.652 bits per heavy atom. The minimum Gasteiger partial charge on any atom is -0.0616 e. The largest absolute Gasteiger partial charge is 0.0616 e. The Kier molecular flexibility index (Phi) is 7.30. The molecule has 0 bridgehead atoms. The van der Waals surface area contributed by atoms with Crippen molar-refractivity contribution in [2.24, 2.45) is 0 Å². The van der Waals surface area contributed by atoms with Crippen molar-refractivity contribution in [3.63, 3.8) is 0 Å². The maximum Gasteiger partial charge on any atom is -0.0178 e. The number of fused-ring (bicyclic) bond motifs is 4. The Hall–Kier alpha value is -5.98. The molecule has 0 aromatic heterocycles. The van der Waals surface area contributed by atoms with Crippen LogP contribution in [0.4, 0.5) is 0 Å². The van der Waals surface area contributed by atoms with Crippen LogP contribution in [0.1, 0.15) is 33.4 Å². The Morgan fingerprint density at radius 2 is 0.391 bits per heavy atom. The van der Waals surface area contributed by atoms with Gasteiger partial charge in [-0.1, -0.05) is 158 Å². The summed E-state index contributed by atoms with van der Waals surface area (Å²) in [6.45, 7) is 0. The number of rotatable bonds is 6. The normalized spacial score (nSPS) is 12.1. The lowest BCUT2D eigenvalue weighted by molar-refractivity contribution is 1.67. The van der Waals surface area contributed by atoms with E-state index in [-0.39, 0.29) is 0 Å². The predicted octanol–water partition coefficient (Wildman–Crippen LogP) is 12.8. The number of benzene rings is 8. The van der Waals surface area contributed by atoms with Gasteiger partial charge in [0, 0.05) is 0 Å². The summed E-state index contributed by atoms with van der Waals surface area (Å²) in [6.07, 6.45) is 13.2. The second-order valence-corrected chi connectivity index (χ2v) is 11.9. The van der Waals surface area contributed by atoms with Gasteiger partial charge in [0.1, 0.15) is 0 Å². The van der Waals surface area contributed by atoms with Gasteiger partial charge in [-0.3, -0.25) is 0 Å². The number of hydrogen-bond acceptors (Lipinski definition) is 0. The van der Waals surface area contributed by atoms with Gasteiger partial charge in [0.15, 0.2) is 0 Å². The van der Waals surface area contributed by atoms with Crippen molar-refractivity contribution >= 4 is 79.5 Å². The van der Waals surface area contributed by atoms with Crippen molar-refractivity contribution in [3.05, 3.63) is 191 Å². The molecule has 8 aromatic carbocycles. The Morgan fingerprint density at radius 1 is 0.196 bits per heavy atom. The maximum atomic E-state index is 2.26. The third-order valence-corrected chi connectivity index (χ3v) is 8.73. The highest BCUT2D eigenvalue weighted by Gasteiger charge is 2.00. The summed E-state index contributed by atoms with van der Waals surface area (Å²) in [5, 5.41) is 10.0. The van der Waals surface area contributed by atoms with Gasteiger partial charge in [0.25, 0.3) is 0 Å². The number of hydrogen-bond donors (Lipinski definition) is 0. The fourth-order valence-corrected chi connectivity index (χ4v) is 6.18. The molecular weight excluding hydrogens is 553 g/mol. The van der Waals surface area contributed by atoms with Gasteiger partial charge in [0.05, 0.1) is 0 Å². The average molecular weight is 585 g/mol. The second kappa shape index (κ2) is 12.2. The van der Waals surface area contributed by atoms with Gasteiger partial charge in [-0.15, -0.1) is 0 Å². The van der Waals surface area contributed by atoms with Crippen LogP contribution in [0.5, 0.6) is 0 Å². The molecule has 0 saturated heterocycles. The molecule has 0 fully saturated rings. The summed E-state index contributed by atoms with van der Waals surface area (Å²) in [7, 11) is 0. The third-order valence-electron chi connectivity index (χ3n) is 8.73.